The Morgan fingerprint density at radius 2 is 1.89 bits per heavy atom. The Morgan fingerprint density at radius 3 is 2.53 bits per heavy atom. The zero-order chi connectivity index (χ0) is 13.8. The minimum absolute atomic E-state index is 0.172. The molecule has 2 nitrogen and oxygen atoms in total. The van der Waals surface area contributed by atoms with Crippen LogP contribution in [0.25, 0.3) is 0 Å². The highest BCUT2D eigenvalue weighted by atomic mass is 14.9. The van der Waals surface area contributed by atoms with E-state index in [1.165, 1.54) is 16.7 Å². The monoisotopic (exact) mass is 254 g/mol. The maximum absolute atomic E-state index is 4.67. The highest BCUT2D eigenvalue weighted by Gasteiger charge is 2.16. The van der Waals surface area contributed by atoms with Crippen LogP contribution in [-0.4, -0.2) is 11.5 Å². The Bertz CT molecular complexity index is 561. The first kappa shape index (κ1) is 13.8. The first-order chi connectivity index (χ1) is 9.11. The third-order valence-corrected chi connectivity index (χ3v) is 3.35. The molecule has 1 aromatic carbocycles. The molecule has 1 heterocycles. The maximum Gasteiger partial charge on any atom is 0.0754 e. The predicted molar refractivity (Wildman–Crippen MR) is 80.4 cm³/mol. The van der Waals surface area contributed by atoms with E-state index in [2.05, 4.69) is 61.4 Å². The van der Waals surface area contributed by atoms with E-state index in [-0.39, 0.29) is 6.04 Å². The third-order valence-electron chi connectivity index (χ3n) is 3.35. The van der Waals surface area contributed by atoms with Crippen LogP contribution < -0.4 is 5.32 Å². The summed E-state index contributed by atoms with van der Waals surface area (Å²) in [6.45, 7) is 9.39. The van der Waals surface area contributed by atoms with Crippen LogP contribution in [0.4, 0.5) is 0 Å². The minimum atomic E-state index is 0.172. The molecule has 0 radical (unpaired) electrons. The average molecular weight is 254 g/mol. The van der Waals surface area contributed by atoms with E-state index in [1.54, 1.807) is 0 Å². The van der Waals surface area contributed by atoms with Gasteiger partial charge in [-0.2, -0.15) is 0 Å². The lowest BCUT2D eigenvalue weighted by molar-refractivity contribution is 0.611. The molecule has 2 rings (SSSR count). The van der Waals surface area contributed by atoms with Crippen molar-refractivity contribution in [3.05, 3.63) is 64.5 Å². The summed E-state index contributed by atoms with van der Waals surface area (Å²) in [6.07, 6.45) is 0. The van der Waals surface area contributed by atoms with E-state index >= 15 is 0 Å². The lowest BCUT2D eigenvalue weighted by Gasteiger charge is -2.20. The van der Waals surface area contributed by atoms with Crippen LogP contribution in [-0.2, 0) is 0 Å². The molecule has 0 fully saturated rings. The normalized spacial score (nSPS) is 12.4. The first-order valence-corrected chi connectivity index (χ1v) is 6.86. The molecular formula is C17H22N2. The zero-order valence-electron chi connectivity index (χ0n) is 12.2. The van der Waals surface area contributed by atoms with Crippen molar-refractivity contribution in [2.75, 3.05) is 6.54 Å². The molecule has 0 aliphatic carbocycles. The minimum Gasteiger partial charge on any atom is -0.305 e. The number of hydrogen-bond acceptors (Lipinski definition) is 2. The number of aryl methyl sites for hydroxylation is 3. The average Bonchev–Trinajstić information content (AvgIpc) is 2.37. The van der Waals surface area contributed by atoms with E-state index in [0.29, 0.717) is 0 Å². The van der Waals surface area contributed by atoms with Crippen molar-refractivity contribution in [2.24, 2.45) is 0 Å². The van der Waals surface area contributed by atoms with Gasteiger partial charge in [0.05, 0.1) is 11.7 Å². The molecule has 0 saturated heterocycles. The van der Waals surface area contributed by atoms with Gasteiger partial charge in [0.25, 0.3) is 0 Å². The molecular weight excluding hydrogens is 232 g/mol. The van der Waals surface area contributed by atoms with Crippen molar-refractivity contribution >= 4 is 0 Å². The van der Waals surface area contributed by atoms with Gasteiger partial charge in [-0.3, -0.25) is 4.98 Å². The molecule has 0 saturated carbocycles. The van der Waals surface area contributed by atoms with Crippen LogP contribution >= 0.6 is 0 Å². The number of hydrogen-bond donors (Lipinski definition) is 1. The summed E-state index contributed by atoms with van der Waals surface area (Å²) in [4.78, 5) is 4.67. The molecule has 1 atom stereocenters. The van der Waals surface area contributed by atoms with Crippen LogP contribution in [0.1, 0.15) is 41.0 Å². The Balaban J connectivity index is 2.45. The van der Waals surface area contributed by atoms with E-state index in [0.717, 1.165) is 17.9 Å². The van der Waals surface area contributed by atoms with E-state index in [1.807, 2.05) is 13.0 Å². The number of pyridine rings is 1. The van der Waals surface area contributed by atoms with Crippen molar-refractivity contribution in [2.45, 2.75) is 33.7 Å². The second kappa shape index (κ2) is 5.98. The van der Waals surface area contributed by atoms with Crippen molar-refractivity contribution in [1.29, 1.82) is 0 Å². The highest BCUT2D eigenvalue weighted by molar-refractivity contribution is 5.37. The molecule has 0 aliphatic heterocycles. The van der Waals surface area contributed by atoms with Gasteiger partial charge in [0.2, 0.25) is 0 Å². The molecule has 2 heteroatoms. The summed E-state index contributed by atoms with van der Waals surface area (Å²) in [5.74, 6) is 0. The van der Waals surface area contributed by atoms with Gasteiger partial charge in [0.1, 0.15) is 0 Å². The zero-order valence-corrected chi connectivity index (χ0v) is 12.2. The van der Waals surface area contributed by atoms with Crippen molar-refractivity contribution in [1.82, 2.24) is 10.3 Å². The van der Waals surface area contributed by atoms with E-state index < -0.39 is 0 Å². The third kappa shape index (κ3) is 3.21. The lowest BCUT2D eigenvalue weighted by Crippen LogP contribution is -2.24. The van der Waals surface area contributed by atoms with Crippen LogP contribution in [0.2, 0.25) is 0 Å². The summed E-state index contributed by atoms with van der Waals surface area (Å²) >= 11 is 0. The van der Waals surface area contributed by atoms with E-state index in [4.69, 9.17) is 0 Å². The van der Waals surface area contributed by atoms with Crippen molar-refractivity contribution in [3.8, 4) is 0 Å². The predicted octanol–water partition coefficient (Wildman–Crippen LogP) is 3.71. The molecule has 1 unspecified atom stereocenters. The number of aromatic nitrogens is 1. The Labute approximate surface area is 115 Å². The van der Waals surface area contributed by atoms with Crippen LogP contribution in [0, 0.1) is 20.8 Å². The fraction of sp³-hybridized carbons (Fsp3) is 0.353. The second-order valence-corrected chi connectivity index (χ2v) is 5.05. The number of benzene rings is 1. The Kier molecular flexibility index (Phi) is 4.33. The summed E-state index contributed by atoms with van der Waals surface area (Å²) in [5, 5.41) is 3.54. The molecule has 0 bridgehead atoms. The van der Waals surface area contributed by atoms with Crippen LogP contribution in [0.15, 0.2) is 36.4 Å². The molecule has 0 aliphatic rings. The van der Waals surface area contributed by atoms with Gasteiger partial charge >= 0.3 is 0 Å². The highest BCUT2D eigenvalue weighted by Crippen LogP contribution is 2.24. The number of nitrogens with one attached hydrogen (secondary N) is 1. The fourth-order valence-electron chi connectivity index (χ4n) is 2.45. The lowest BCUT2D eigenvalue weighted by atomic mass is 9.96. The standard InChI is InChI=1S/C17H22N2/c1-5-18-17(16-8-6-7-14(4)19-16)15-10-9-12(2)11-13(15)3/h6-11,17-18H,5H2,1-4H3. The van der Waals surface area contributed by atoms with Gasteiger partial charge in [-0.25, -0.2) is 0 Å². The molecule has 19 heavy (non-hydrogen) atoms. The second-order valence-electron chi connectivity index (χ2n) is 5.05. The molecule has 1 aromatic heterocycles. The van der Waals surface area contributed by atoms with Gasteiger partial charge in [0, 0.05) is 5.69 Å². The molecule has 2 aromatic rings. The maximum atomic E-state index is 4.67. The van der Waals surface area contributed by atoms with Crippen molar-refractivity contribution in [3.63, 3.8) is 0 Å². The topological polar surface area (TPSA) is 24.9 Å². The SMILES string of the molecule is CCNC(c1cccc(C)n1)c1ccc(C)cc1C. The van der Waals surface area contributed by atoms with Gasteiger partial charge in [-0.1, -0.05) is 36.8 Å². The molecule has 1 N–H and O–H groups in total. The quantitative estimate of drug-likeness (QED) is 0.899. The van der Waals surface area contributed by atoms with E-state index in [9.17, 15) is 0 Å². The summed E-state index contributed by atoms with van der Waals surface area (Å²) in [7, 11) is 0. The Hall–Kier alpha value is -1.67. The summed E-state index contributed by atoms with van der Waals surface area (Å²) in [6, 6.07) is 13.0. The number of rotatable bonds is 4. The molecule has 100 valence electrons. The Morgan fingerprint density at radius 1 is 1.11 bits per heavy atom. The van der Waals surface area contributed by atoms with Gasteiger partial charge < -0.3 is 5.32 Å². The van der Waals surface area contributed by atoms with Gasteiger partial charge in [-0.05, 0) is 50.6 Å². The smallest absolute Gasteiger partial charge is 0.0754 e. The largest absolute Gasteiger partial charge is 0.305 e. The van der Waals surface area contributed by atoms with Gasteiger partial charge in [0.15, 0.2) is 0 Å². The summed E-state index contributed by atoms with van der Waals surface area (Å²) < 4.78 is 0. The molecule has 0 amide bonds. The van der Waals surface area contributed by atoms with Gasteiger partial charge in [-0.15, -0.1) is 0 Å². The van der Waals surface area contributed by atoms with Crippen LogP contribution in [0.3, 0.4) is 0 Å². The summed E-state index contributed by atoms with van der Waals surface area (Å²) in [5.41, 5.74) is 6.08. The van der Waals surface area contributed by atoms with Crippen LogP contribution in [0.5, 0.6) is 0 Å². The number of nitrogens with zero attached hydrogens (tertiary/aromatic N) is 1. The van der Waals surface area contributed by atoms with Crippen molar-refractivity contribution < 1.29 is 0 Å². The molecule has 0 spiro atoms. The fourth-order valence-corrected chi connectivity index (χ4v) is 2.45. The first-order valence-electron chi connectivity index (χ1n) is 6.86.